The first-order chi connectivity index (χ1) is 8.52. The van der Waals surface area contributed by atoms with Gasteiger partial charge in [0, 0.05) is 13.0 Å². The quantitative estimate of drug-likeness (QED) is 0.343. The second-order valence-electron chi connectivity index (χ2n) is 5.64. The zero-order valence-electron chi connectivity index (χ0n) is 12.5. The molecule has 0 bridgehead atoms. The summed E-state index contributed by atoms with van der Waals surface area (Å²) in [5.74, 6) is 0.211. The van der Waals surface area contributed by atoms with Crippen molar-refractivity contribution in [1.82, 2.24) is 5.32 Å². The summed E-state index contributed by atoms with van der Waals surface area (Å²) in [6.45, 7) is 8.91. The Labute approximate surface area is 113 Å². The number of hydrogen-bond acceptors (Lipinski definition) is 1. The Hall–Kier alpha value is -0.830. The Morgan fingerprint density at radius 2 is 1.94 bits per heavy atom. The number of nitrogens with zero attached hydrogens (tertiary/aromatic N) is 1. The van der Waals surface area contributed by atoms with Crippen LogP contribution in [0.1, 0.15) is 45.4 Å². The SMILES string of the molecule is C=CC[N+](C)(C)CCCCCC(=O)NCCCC. The molecule has 0 rings (SSSR count). The maximum absolute atomic E-state index is 11.5. The minimum Gasteiger partial charge on any atom is -0.356 e. The lowest BCUT2D eigenvalue weighted by Gasteiger charge is -2.28. The molecule has 0 aromatic carbocycles. The van der Waals surface area contributed by atoms with Crippen molar-refractivity contribution in [1.29, 1.82) is 0 Å². The van der Waals surface area contributed by atoms with Crippen molar-refractivity contribution in [3.63, 3.8) is 0 Å². The predicted octanol–water partition coefficient (Wildman–Crippen LogP) is 2.73. The molecule has 0 aliphatic carbocycles. The first kappa shape index (κ1) is 17.2. The van der Waals surface area contributed by atoms with Crippen molar-refractivity contribution in [2.45, 2.75) is 45.4 Å². The van der Waals surface area contributed by atoms with Crippen LogP contribution in [0.5, 0.6) is 0 Å². The largest absolute Gasteiger partial charge is 0.356 e. The highest BCUT2D eigenvalue weighted by atomic mass is 16.1. The van der Waals surface area contributed by atoms with Gasteiger partial charge in [-0.2, -0.15) is 0 Å². The highest BCUT2D eigenvalue weighted by molar-refractivity contribution is 5.75. The minimum absolute atomic E-state index is 0.211. The second-order valence-corrected chi connectivity index (χ2v) is 5.64. The zero-order valence-corrected chi connectivity index (χ0v) is 12.5. The third kappa shape index (κ3) is 10.3. The van der Waals surface area contributed by atoms with E-state index in [4.69, 9.17) is 0 Å². The molecule has 0 saturated carbocycles. The van der Waals surface area contributed by atoms with Gasteiger partial charge in [-0.25, -0.2) is 0 Å². The number of amides is 1. The van der Waals surface area contributed by atoms with E-state index >= 15 is 0 Å². The number of nitrogens with one attached hydrogen (secondary N) is 1. The van der Waals surface area contributed by atoms with Gasteiger partial charge in [-0.1, -0.05) is 19.9 Å². The standard InChI is InChI=1S/C15H30N2O/c1-5-7-12-16-15(18)11-9-8-10-14-17(3,4)13-6-2/h6H,2,5,7-14H2,1,3-4H3/p+1. The number of hydrogen-bond donors (Lipinski definition) is 1. The summed E-state index contributed by atoms with van der Waals surface area (Å²) < 4.78 is 0.992. The molecule has 106 valence electrons. The van der Waals surface area contributed by atoms with E-state index in [2.05, 4.69) is 32.9 Å². The van der Waals surface area contributed by atoms with Gasteiger partial charge in [-0.05, 0) is 31.8 Å². The number of rotatable bonds is 11. The first-order valence-electron chi connectivity index (χ1n) is 7.21. The van der Waals surface area contributed by atoms with E-state index in [-0.39, 0.29) is 5.91 Å². The third-order valence-electron chi connectivity index (χ3n) is 3.14. The molecular formula is C15H31N2O+. The molecule has 0 fully saturated rings. The number of unbranched alkanes of at least 4 members (excludes halogenated alkanes) is 3. The molecule has 18 heavy (non-hydrogen) atoms. The van der Waals surface area contributed by atoms with Crippen LogP contribution in [0, 0.1) is 0 Å². The van der Waals surface area contributed by atoms with E-state index in [1.807, 2.05) is 6.08 Å². The van der Waals surface area contributed by atoms with Crippen molar-refractivity contribution in [3.05, 3.63) is 12.7 Å². The second kappa shape index (κ2) is 10.1. The van der Waals surface area contributed by atoms with Crippen LogP contribution in [0.2, 0.25) is 0 Å². The lowest BCUT2D eigenvalue weighted by atomic mass is 10.1. The van der Waals surface area contributed by atoms with E-state index in [1.165, 1.54) is 6.42 Å². The Kier molecular flexibility index (Phi) is 9.66. The lowest BCUT2D eigenvalue weighted by molar-refractivity contribution is -0.884. The molecule has 0 unspecified atom stereocenters. The van der Waals surface area contributed by atoms with Crippen molar-refractivity contribution < 1.29 is 9.28 Å². The highest BCUT2D eigenvalue weighted by Gasteiger charge is 2.11. The summed E-state index contributed by atoms with van der Waals surface area (Å²) in [5.41, 5.74) is 0. The monoisotopic (exact) mass is 255 g/mol. The minimum atomic E-state index is 0.211. The summed E-state index contributed by atoms with van der Waals surface area (Å²) >= 11 is 0. The van der Waals surface area contributed by atoms with Gasteiger partial charge in [0.15, 0.2) is 0 Å². The molecule has 1 amide bonds. The van der Waals surface area contributed by atoms with E-state index in [1.54, 1.807) is 0 Å². The highest BCUT2D eigenvalue weighted by Crippen LogP contribution is 2.05. The molecule has 0 saturated heterocycles. The maximum atomic E-state index is 11.5. The Morgan fingerprint density at radius 3 is 2.56 bits per heavy atom. The number of quaternary nitrogens is 1. The molecular weight excluding hydrogens is 224 g/mol. The van der Waals surface area contributed by atoms with Crippen LogP contribution in [0.3, 0.4) is 0 Å². The van der Waals surface area contributed by atoms with Crippen molar-refractivity contribution >= 4 is 5.91 Å². The van der Waals surface area contributed by atoms with Gasteiger partial charge in [0.1, 0.15) is 0 Å². The average molecular weight is 255 g/mol. The normalized spacial score (nSPS) is 11.3. The van der Waals surface area contributed by atoms with E-state index in [9.17, 15) is 4.79 Å². The smallest absolute Gasteiger partial charge is 0.219 e. The van der Waals surface area contributed by atoms with Gasteiger partial charge in [0.05, 0.1) is 27.2 Å². The van der Waals surface area contributed by atoms with Crippen molar-refractivity contribution in [2.24, 2.45) is 0 Å². The third-order valence-corrected chi connectivity index (χ3v) is 3.14. The predicted molar refractivity (Wildman–Crippen MR) is 78.4 cm³/mol. The summed E-state index contributed by atoms with van der Waals surface area (Å²) in [6.07, 6.45) is 8.20. The Morgan fingerprint density at radius 1 is 1.22 bits per heavy atom. The van der Waals surface area contributed by atoms with Gasteiger partial charge in [0.2, 0.25) is 5.91 Å². The summed E-state index contributed by atoms with van der Waals surface area (Å²) in [6, 6.07) is 0. The number of likely N-dealkylation sites (N-methyl/N-ethyl adjacent to an activating group) is 1. The summed E-state index contributed by atoms with van der Waals surface area (Å²) in [7, 11) is 4.44. The number of carbonyl (C=O) groups is 1. The average Bonchev–Trinajstić information content (AvgIpc) is 2.28. The van der Waals surface area contributed by atoms with Gasteiger partial charge >= 0.3 is 0 Å². The zero-order chi connectivity index (χ0) is 13.9. The topological polar surface area (TPSA) is 29.1 Å². The number of carbonyl (C=O) groups excluding carboxylic acids is 1. The molecule has 0 aromatic rings. The van der Waals surface area contributed by atoms with Gasteiger partial charge in [-0.15, -0.1) is 0 Å². The van der Waals surface area contributed by atoms with Crippen LogP contribution in [-0.2, 0) is 4.79 Å². The van der Waals surface area contributed by atoms with Crippen LogP contribution in [-0.4, -0.2) is 44.1 Å². The Bertz CT molecular complexity index is 237. The van der Waals surface area contributed by atoms with Crippen LogP contribution in [0.25, 0.3) is 0 Å². The van der Waals surface area contributed by atoms with E-state index in [0.29, 0.717) is 6.42 Å². The molecule has 0 spiro atoms. The molecule has 0 atom stereocenters. The molecule has 0 aliphatic heterocycles. The summed E-state index contributed by atoms with van der Waals surface area (Å²) in [5, 5.41) is 2.95. The maximum Gasteiger partial charge on any atom is 0.219 e. The van der Waals surface area contributed by atoms with Gasteiger partial charge in [-0.3, -0.25) is 4.79 Å². The van der Waals surface area contributed by atoms with Gasteiger partial charge in [0.25, 0.3) is 0 Å². The molecule has 0 radical (unpaired) electrons. The molecule has 1 N–H and O–H groups in total. The van der Waals surface area contributed by atoms with Crippen molar-refractivity contribution in [3.8, 4) is 0 Å². The van der Waals surface area contributed by atoms with Crippen LogP contribution < -0.4 is 5.32 Å². The van der Waals surface area contributed by atoms with Gasteiger partial charge < -0.3 is 9.80 Å². The van der Waals surface area contributed by atoms with Crippen LogP contribution >= 0.6 is 0 Å². The fraction of sp³-hybridized carbons (Fsp3) is 0.800. The molecule has 0 aliphatic rings. The molecule has 3 nitrogen and oxygen atoms in total. The van der Waals surface area contributed by atoms with E-state index in [0.717, 1.165) is 49.8 Å². The fourth-order valence-electron chi connectivity index (χ4n) is 1.94. The summed E-state index contributed by atoms with van der Waals surface area (Å²) in [4.78, 5) is 11.5. The molecule has 3 heteroatoms. The fourth-order valence-corrected chi connectivity index (χ4v) is 1.94. The molecule has 0 aromatic heterocycles. The van der Waals surface area contributed by atoms with E-state index < -0.39 is 0 Å². The van der Waals surface area contributed by atoms with Crippen LogP contribution in [0.15, 0.2) is 12.7 Å². The van der Waals surface area contributed by atoms with Crippen LogP contribution in [0.4, 0.5) is 0 Å². The first-order valence-corrected chi connectivity index (χ1v) is 7.21. The molecule has 0 heterocycles. The van der Waals surface area contributed by atoms with Crippen molar-refractivity contribution in [2.75, 3.05) is 33.7 Å². The lowest BCUT2D eigenvalue weighted by Crippen LogP contribution is -2.40. The Balaban J connectivity index is 3.44.